The van der Waals surface area contributed by atoms with E-state index < -0.39 is 65.0 Å². The fourth-order valence-electron chi connectivity index (χ4n) is 1.71. The number of phosphoric acid groups is 2. The Kier molecular flexibility index (Phi) is 9.95. The van der Waals surface area contributed by atoms with Crippen molar-refractivity contribution in [1.82, 2.24) is 0 Å². The summed E-state index contributed by atoms with van der Waals surface area (Å²) in [4.78, 5) is 41.6. The maximum atomic E-state index is 10.6. The van der Waals surface area contributed by atoms with Crippen molar-refractivity contribution in [1.29, 1.82) is 0 Å². The van der Waals surface area contributed by atoms with Gasteiger partial charge in [0.1, 0.15) is 18.3 Å². The average Bonchev–Trinajstić information content (AvgIpc) is 2.43. The molecule has 0 aromatic heterocycles. The number of rotatable bonds is 6. The van der Waals surface area contributed by atoms with Gasteiger partial charge in [0.15, 0.2) is 12.4 Å². The highest BCUT2D eigenvalue weighted by Gasteiger charge is 2.44. The predicted octanol–water partition coefficient (Wildman–Crippen LogP) is -3.57. The minimum Gasteiger partial charge on any atom is -0.479 e. The van der Waals surface area contributed by atoms with Gasteiger partial charge in [0.05, 0.1) is 12.6 Å². The molecular weight excluding hydrogens is 408 g/mol. The molecule has 1 rings (SSSR count). The Bertz CT molecular complexity index is 527. The Labute approximate surface area is 146 Å². The number of hydrogen-bond donors (Lipinski definition) is 9. The van der Waals surface area contributed by atoms with Crippen LogP contribution in [0.2, 0.25) is 0 Å². The Morgan fingerprint density at radius 2 is 1.65 bits per heavy atom. The smallest absolute Gasteiger partial charge is 0.478 e. The Hall–Kier alpha value is -0.510. The summed E-state index contributed by atoms with van der Waals surface area (Å²) in [5, 5.41) is 36.8. The van der Waals surface area contributed by atoms with Crippen molar-refractivity contribution in [3.05, 3.63) is 0 Å². The summed E-state index contributed by atoms with van der Waals surface area (Å²) in [7, 11) is -10.1. The molecule has 0 bridgehead atoms. The molecule has 1 aliphatic heterocycles. The van der Waals surface area contributed by atoms with Gasteiger partial charge in [-0.15, -0.1) is 0 Å². The number of hydrogen-bond acceptors (Lipinski definition) is 10. The van der Waals surface area contributed by atoms with E-state index in [0.29, 0.717) is 0 Å². The van der Waals surface area contributed by atoms with Gasteiger partial charge in [-0.1, -0.05) is 0 Å². The number of ether oxygens (including phenoxy) is 2. The van der Waals surface area contributed by atoms with Gasteiger partial charge in [-0.25, -0.2) is 13.9 Å². The van der Waals surface area contributed by atoms with Crippen LogP contribution in [-0.2, 0) is 27.7 Å². The lowest BCUT2D eigenvalue weighted by atomic mass is 9.97. The molecule has 1 heterocycles. The summed E-state index contributed by atoms with van der Waals surface area (Å²) < 4.78 is 32.1. The van der Waals surface area contributed by atoms with Gasteiger partial charge in [0.2, 0.25) is 0 Å². The van der Waals surface area contributed by atoms with E-state index in [1.165, 1.54) is 6.92 Å². The molecule has 6 atom stereocenters. The van der Waals surface area contributed by atoms with Crippen LogP contribution in [-0.4, -0.2) is 89.3 Å². The third-order valence-electron chi connectivity index (χ3n) is 2.84. The van der Waals surface area contributed by atoms with Crippen LogP contribution in [0.3, 0.4) is 0 Å². The Balaban J connectivity index is 0.000000590. The molecule has 156 valence electrons. The van der Waals surface area contributed by atoms with Crippen LogP contribution in [0.1, 0.15) is 6.92 Å². The van der Waals surface area contributed by atoms with Gasteiger partial charge in [-0.3, -0.25) is 0 Å². The fourth-order valence-corrected chi connectivity index (χ4v) is 2.81. The highest BCUT2D eigenvalue weighted by Crippen LogP contribution is 2.53. The summed E-state index contributed by atoms with van der Waals surface area (Å²) in [5.41, 5.74) is 5.54. The molecule has 1 aliphatic rings. The van der Waals surface area contributed by atoms with E-state index in [2.05, 4.69) is 4.31 Å². The first-order valence-electron chi connectivity index (χ1n) is 6.67. The van der Waals surface area contributed by atoms with Gasteiger partial charge < -0.3 is 55.2 Å². The maximum Gasteiger partial charge on any atom is 0.478 e. The average molecular weight is 429 g/mol. The lowest BCUT2D eigenvalue weighted by molar-refractivity contribution is -0.262. The molecule has 15 nitrogen and oxygen atoms in total. The zero-order valence-corrected chi connectivity index (χ0v) is 15.0. The third kappa shape index (κ3) is 9.43. The highest BCUT2D eigenvalue weighted by molar-refractivity contribution is 7.60. The second kappa shape index (κ2) is 10.1. The number of carboxylic acids is 1. The molecule has 10 N–H and O–H groups in total. The molecule has 0 aliphatic carbocycles. The van der Waals surface area contributed by atoms with Crippen molar-refractivity contribution < 1.29 is 67.7 Å². The number of aliphatic hydroxyl groups excluding tert-OH is 3. The SMILES string of the molecule is C[C@@H](O[C@@H]1[C@@H](N)[C@@H](O)O[C@H](CO)[C@H]1O)C(=O)O.O=P(O)(O)OP(=O)(O)O. The van der Waals surface area contributed by atoms with Crippen molar-refractivity contribution in [3.8, 4) is 0 Å². The molecule has 0 aromatic carbocycles. The second-order valence-electron chi connectivity index (χ2n) is 4.96. The van der Waals surface area contributed by atoms with E-state index in [9.17, 15) is 24.1 Å². The number of aliphatic hydroxyl groups is 3. The summed E-state index contributed by atoms with van der Waals surface area (Å²) >= 11 is 0. The van der Waals surface area contributed by atoms with Crippen molar-refractivity contribution in [2.75, 3.05) is 6.61 Å². The third-order valence-corrected chi connectivity index (χ3v) is 4.54. The highest BCUT2D eigenvalue weighted by atomic mass is 31.3. The topological polar surface area (TPSA) is 267 Å². The van der Waals surface area contributed by atoms with E-state index in [0.717, 1.165) is 0 Å². The van der Waals surface area contributed by atoms with Crippen LogP contribution in [0, 0.1) is 0 Å². The number of aliphatic carboxylic acids is 1. The summed E-state index contributed by atoms with van der Waals surface area (Å²) in [6.45, 7) is 0.740. The normalized spacial score (nSPS) is 30.9. The zero-order valence-electron chi connectivity index (χ0n) is 13.2. The van der Waals surface area contributed by atoms with Crippen molar-refractivity contribution in [2.45, 2.75) is 43.7 Å². The molecule has 0 aromatic rings. The molecule has 0 amide bonds. The maximum absolute atomic E-state index is 10.6. The largest absolute Gasteiger partial charge is 0.479 e. The minimum absolute atomic E-state index is 0.535. The van der Waals surface area contributed by atoms with Crippen LogP contribution in [0.5, 0.6) is 0 Å². The van der Waals surface area contributed by atoms with Crippen LogP contribution in [0.25, 0.3) is 0 Å². The lowest BCUT2D eigenvalue weighted by Crippen LogP contribution is -2.63. The van der Waals surface area contributed by atoms with Crippen molar-refractivity contribution >= 4 is 21.6 Å². The zero-order chi connectivity index (χ0) is 20.9. The molecule has 0 saturated carbocycles. The quantitative estimate of drug-likeness (QED) is 0.185. The first-order valence-corrected chi connectivity index (χ1v) is 9.73. The van der Waals surface area contributed by atoms with Gasteiger partial charge in [-0.05, 0) is 6.92 Å². The van der Waals surface area contributed by atoms with E-state index >= 15 is 0 Å². The van der Waals surface area contributed by atoms with E-state index in [1.54, 1.807) is 0 Å². The first-order chi connectivity index (χ1) is 11.6. The summed E-state index contributed by atoms with van der Waals surface area (Å²) in [6, 6.07) is -1.09. The predicted molar refractivity (Wildman–Crippen MR) is 79.1 cm³/mol. The number of nitrogens with two attached hydrogens (primary N) is 1. The molecule has 0 spiro atoms. The van der Waals surface area contributed by atoms with E-state index in [-0.39, 0.29) is 0 Å². The van der Waals surface area contributed by atoms with Gasteiger partial charge in [0, 0.05) is 0 Å². The number of carbonyl (C=O) groups is 1. The second-order valence-corrected chi connectivity index (χ2v) is 7.58. The summed E-state index contributed by atoms with van der Waals surface area (Å²) in [5.74, 6) is -1.22. The Morgan fingerprint density at radius 3 is 1.96 bits per heavy atom. The van der Waals surface area contributed by atoms with Gasteiger partial charge in [0.25, 0.3) is 0 Å². The first kappa shape index (κ1) is 25.5. The molecule has 1 saturated heterocycles. The van der Waals surface area contributed by atoms with E-state index in [4.69, 9.17) is 45.0 Å². The van der Waals surface area contributed by atoms with E-state index in [1.807, 2.05) is 0 Å². The molecule has 1 fully saturated rings. The number of carboxylic acid groups (broad SMARTS) is 1. The van der Waals surface area contributed by atoms with Gasteiger partial charge in [-0.2, -0.15) is 4.31 Å². The monoisotopic (exact) mass is 429 g/mol. The molecule has 26 heavy (non-hydrogen) atoms. The standard InChI is InChI=1S/C9H17NO7.H4O7P2/c1-3(8(13)14)16-7-5(10)9(15)17-4(2-11)6(7)12;1-8(2,3)7-9(4,5)6/h3-7,9,11-12,15H,2,10H2,1H3,(H,13,14);(H2,1,2,3)(H2,4,5,6)/t3-,4-,5-,6-,7-,9+;/m1./s1. The molecule has 0 radical (unpaired) electrons. The summed E-state index contributed by atoms with van der Waals surface area (Å²) in [6.07, 6.45) is -6.11. The molecule has 0 unspecified atom stereocenters. The van der Waals surface area contributed by atoms with Crippen molar-refractivity contribution in [2.24, 2.45) is 5.73 Å². The molecular formula is C9H21NO14P2. The molecule has 17 heteroatoms. The fraction of sp³-hybridized carbons (Fsp3) is 0.889. The van der Waals surface area contributed by atoms with Crippen LogP contribution in [0.15, 0.2) is 0 Å². The van der Waals surface area contributed by atoms with Gasteiger partial charge >= 0.3 is 21.6 Å². The van der Waals surface area contributed by atoms with Crippen LogP contribution >= 0.6 is 15.6 Å². The Morgan fingerprint density at radius 1 is 1.19 bits per heavy atom. The minimum atomic E-state index is -5.05. The lowest BCUT2D eigenvalue weighted by Gasteiger charge is -2.41. The van der Waals surface area contributed by atoms with Crippen molar-refractivity contribution in [3.63, 3.8) is 0 Å². The van der Waals surface area contributed by atoms with Crippen LogP contribution < -0.4 is 5.73 Å². The van der Waals surface area contributed by atoms with Crippen LogP contribution in [0.4, 0.5) is 0 Å².